The zero-order chi connectivity index (χ0) is 17.4. The van der Waals surface area contributed by atoms with Crippen molar-refractivity contribution in [2.75, 3.05) is 13.2 Å². The second kappa shape index (κ2) is 9.27. The minimum absolute atomic E-state index is 0.151. The van der Waals surface area contributed by atoms with E-state index in [-0.39, 0.29) is 5.91 Å². The molecule has 0 aliphatic carbocycles. The molecule has 0 saturated carbocycles. The van der Waals surface area contributed by atoms with Crippen molar-refractivity contribution in [1.29, 1.82) is 0 Å². The highest BCUT2D eigenvalue weighted by Gasteiger charge is 2.12. The SMILES string of the molecule is CCCCOc1ccc(C(=O)NCc2csc(C)n2)cc1OCC. The van der Waals surface area contributed by atoms with E-state index < -0.39 is 0 Å². The van der Waals surface area contributed by atoms with E-state index in [4.69, 9.17) is 9.47 Å². The fraction of sp³-hybridized carbons (Fsp3) is 0.444. The Morgan fingerprint density at radius 1 is 1.25 bits per heavy atom. The highest BCUT2D eigenvalue weighted by Crippen LogP contribution is 2.28. The molecule has 1 aromatic carbocycles. The van der Waals surface area contributed by atoms with Gasteiger partial charge in [0.15, 0.2) is 11.5 Å². The van der Waals surface area contributed by atoms with E-state index >= 15 is 0 Å². The van der Waals surface area contributed by atoms with E-state index in [2.05, 4.69) is 17.2 Å². The van der Waals surface area contributed by atoms with Gasteiger partial charge in [0.25, 0.3) is 5.91 Å². The Morgan fingerprint density at radius 3 is 2.75 bits per heavy atom. The van der Waals surface area contributed by atoms with Crippen molar-refractivity contribution in [3.8, 4) is 11.5 Å². The van der Waals surface area contributed by atoms with Crippen LogP contribution in [0.4, 0.5) is 0 Å². The lowest BCUT2D eigenvalue weighted by Gasteiger charge is -2.13. The number of aryl methyl sites for hydroxylation is 1. The van der Waals surface area contributed by atoms with Gasteiger partial charge in [-0.2, -0.15) is 0 Å². The van der Waals surface area contributed by atoms with Gasteiger partial charge in [0, 0.05) is 10.9 Å². The maximum atomic E-state index is 12.3. The number of ether oxygens (including phenoxy) is 2. The summed E-state index contributed by atoms with van der Waals surface area (Å²) in [6, 6.07) is 5.28. The van der Waals surface area contributed by atoms with Gasteiger partial charge in [-0.3, -0.25) is 4.79 Å². The van der Waals surface area contributed by atoms with E-state index in [1.807, 2.05) is 19.2 Å². The van der Waals surface area contributed by atoms with Crippen molar-refractivity contribution in [3.63, 3.8) is 0 Å². The number of nitrogens with one attached hydrogen (secondary N) is 1. The van der Waals surface area contributed by atoms with Crippen LogP contribution in [0.2, 0.25) is 0 Å². The molecule has 24 heavy (non-hydrogen) atoms. The Morgan fingerprint density at radius 2 is 2.08 bits per heavy atom. The highest BCUT2D eigenvalue weighted by atomic mass is 32.1. The van der Waals surface area contributed by atoms with Crippen molar-refractivity contribution in [2.45, 2.75) is 40.2 Å². The fourth-order valence-electron chi connectivity index (χ4n) is 2.13. The molecule has 0 radical (unpaired) electrons. The van der Waals surface area contributed by atoms with E-state index in [1.54, 1.807) is 29.5 Å². The number of thiazole rings is 1. The van der Waals surface area contributed by atoms with Crippen LogP contribution in [0.1, 0.15) is 47.7 Å². The van der Waals surface area contributed by atoms with Crippen LogP contribution in [0.3, 0.4) is 0 Å². The van der Waals surface area contributed by atoms with Gasteiger partial charge in [-0.25, -0.2) is 4.98 Å². The number of nitrogens with zero attached hydrogens (tertiary/aromatic N) is 1. The van der Waals surface area contributed by atoms with Crippen LogP contribution >= 0.6 is 11.3 Å². The van der Waals surface area contributed by atoms with Crippen molar-refractivity contribution in [3.05, 3.63) is 39.8 Å². The second-order valence-corrected chi connectivity index (χ2v) is 6.40. The van der Waals surface area contributed by atoms with Gasteiger partial charge in [-0.1, -0.05) is 13.3 Å². The van der Waals surface area contributed by atoms with Crippen LogP contribution in [-0.4, -0.2) is 24.1 Å². The van der Waals surface area contributed by atoms with Gasteiger partial charge >= 0.3 is 0 Å². The van der Waals surface area contributed by atoms with E-state index in [0.717, 1.165) is 23.5 Å². The molecule has 0 atom stereocenters. The molecular weight excluding hydrogens is 324 g/mol. The smallest absolute Gasteiger partial charge is 0.251 e. The van der Waals surface area contributed by atoms with E-state index in [1.165, 1.54) is 0 Å². The Labute approximate surface area is 147 Å². The molecule has 1 heterocycles. The summed E-state index contributed by atoms with van der Waals surface area (Å²) in [7, 11) is 0. The number of amides is 1. The number of unbranched alkanes of at least 4 members (excludes halogenated alkanes) is 1. The van der Waals surface area contributed by atoms with Gasteiger partial charge in [0.05, 0.1) is 30.5 Å². The van der Waals surface area contributed by atoms with Crippen LogP contribution < -0.4 is 14.8 Å². The number of hydrogen-bond donors (Lipinski definition) is 1. The first-order valence-corrected chi connectivity index (χ1v) is 9.10. The number of aromatic nitrogens is 1. The lowest BCUT2D eigenvalue weighted by Crippen LogP contribution is -2.23. The largest absolute Gasteiger partial charge is 0.490 e. The maximum Gasteiger partial charge on any atom is 0.251 e. The topological polar surface area (TPSA) is 60.5 Å². The summed E-state index contributed by atoms with van der Waals surface area (Å²) in [5, 5.41) is 5.82. The minimum Gasteiger partial charge on any atom is -0.490 e. The van der Waals surface area contributed by atoms with Crippen LogP contribution in [0.5, 0.6) is 11.5 Å². The number of carbonyl (C=O) groups excluding carboxylic acids is 1. The monoisotopic (exact) mass is 348 g/mol. The summed E-state index contributed by atoms with van der Waals surface area (Å²) in [6.45, 7) is 7.55. The fourth-order valence-corrected chi connectivity index (χ4v) is 2.74. The Bertz CT molecular complexity index is 670. The molecule has 2 aromatic rings. The molecule has 0 bridgehead atoms. The van der Waals surface area contributed by atoms with Crippen LogP contribution in [0.25, 0.3) is 0 Å². The van der Waals surface area contributed by atoms with Crippen molar-refractivity contribution in [1.82, 2.24) is 10.3 Å². The number of benzene rings is 1. The van der Waals surface area contributed by atoms with Gasteiger partial charge in [-0.05, 0) is 38.5 Å². The number of rotatable bonds is 9. The molecule has 6 heteroatoms. The Hall–Kier alpha value is -2.08. The molecule has 5 nitrogen and oxygen atoms in total. The van der Waals surface area contributed by atoms with Crippen LogP contribution in [0, 0.1) is 6.92 Å². The predicted molar refractivity (Wildman–Crippen MR) is 96.0 cm³/mol. The predicted octanol–water partition coefficient (Wildman–Crippen LogP) is 3.96. The molecule has 0 aliphatic heterocycles. The summed E-state index contributed by atoms with van der Waals surface area (Å²) in [6.07, 6.45) is 2.06. The molecule has 0 unspecified atom stereocenters. The third-order valence-electron chi connectivity index (χ3n) is 3.36. The molecule has 2 rings (SSSR count). The first-order valence-electron chi connectivity index (χ1n) is 8.22. The van der Waals surface area contributed by atoms with Gasteiger partial charge in [0.2, 0.25) is 0 Å². The van der Waals surface area contributed by atoms with Crippen molar-refractivity contribution >= 4 is 17.2 Å². The first kappa shape index (κ1) is 18.3. The molecule has 0 saturated heterocycles. The Balaban J connectivity index is 2.02. The van der Waals surface area contributed by atoms with Crippen LogP contribution in [-0.2, 0) is 6.54 Å². The lowest BCUT2D eigenvalue weighted by atomic mass is 10.2. The molecule has 130 valence electrons. The van der Waals surface area contributed by atoms with Gasteiger partial charge in [-0.15, -0.1) is 11.3 Å². The first-order chi connectivity index (χ1) is 11.6. The summed E-state index contributed by atoms with van der Waals surface area (Å²) < 4.78 is 11.3. The third kappa shape index (κ3) is 5.23. The van der Waals surface area contributed by atoms with Crippen molar-refractivity contribution < 1.29 is 14.3 Å². The van der Waals surface area contributed by atoms with Gasteiger partial charge < -0.3 is 14.8 Å². The zero-order valence-corrected chi connectivity index (χ0v) is 15.2. The minimum atomic E-state index is -0.151. The summed E-state index contributed by atoms with van der Waals surface area (Å²) >= 11 is 1.57. The van der Waals surface area contributed by atoms with E-state index in [9.17, 15) is 4.79 Å². The standard InChI is InChI=1S/C18H24N2O3S/c1-4-6-9-23-16-8-7-14(10-17(16)22-5-2)18(21)19-11-15-12-24-13(3)20-15/h7-8,10,12H,4-6,9,11H2,1-3H3,(H,19,21). The maximum absolute atomic E-state index is 12.3. The third-order valence-corrected chi connectivity index (χ3v) is 4.18. The van der Waals surface area contributed by atoms with E-state index in [0.29, 0.717) is 36.8 Å². The second-order valence-electron chi connectivity index (χ2n) is 5.34. The lowest BCUT2D eigenvalue weighted by molar-refractivity contribution is 0.0950. The average molecular weight is 348 g/mol. The number of carbonyl (C=O) groups is 1. The molecule has 0 fully saturated rings. The highest BCUT2D eigenvalue weighted by molar-refractivity contribution is 7.09. The quantitative estimate of drug-likeness (QED) is 0.697. The molecular formula is C18H24N2O3S. The summed E-state index contributed by atoms with van der Waals surface area (Å²) in [5.41, 5.74) is 1.42. The molecule has 1 aromatic heterocycles. The molecule has 0 spiro atoms. The number of hydrogen-bond acceptors (Lipinski definition) is 5. The normalized spacial score (nSPS) is 10.5. The molecule has 0 aliphatic rings. The average Bonchev–Trinajstić information content (AvgIpc) is 3.00. The summed E-state index contributed by atoms with van der Waals surface area (Å²) in [5.74, 6) is 1.13. The Kier molecular flexibility index (Phi) is 7.06. The zero-order valence-electron chi connectivity index (χ0n) is 14.4. The molecule has 1 N–H and O–H groups in total. The van der Waals surface area contributed by atoms with Gasteiger partial charge in [0.1, 0.15) is 0 Å². The molecule has 1 amide bonds. The van der Waals surface area contributed by atoms with Crippen LogP contribution in [0.15, 0.2) is 23.6 Å². The summed E-state index contributed by atoms with van der Waals surface area (Å²) in [4.78, 5) is 16.7. The van der Waals surface area contributed by atoms with Crippen molar-refractivity contribution in [2.24, 2.45) is 0 Å².